The van der Waals surface area contributed by atoms with Crippen molar-refractivity contribution in [1.82, 2.24) is 5.32 Å². The third-order valence-corrected chi connectivity index (χ3v) is 4.50. The second-order valence-electron chi connectivity index (χ2n) is 3.75. The summed E-state index contributed by atoms with van der Waals surface area (Å²) in [7, 11) is 0. The summed E-state index contributed by atoms with van der Waals surface area (Å²) in [5.74, 6) is 1.21. The SMILES string of the molecule is CSCCNCC1Cc2ccccc2S1. The van der Waals surface area contributed by atoms with Gasteiger partial charge >= 0.3 is 0 Å². The maximum Gasteiger partial charge on any atom is 0.0260 e. The minimum Gasteiger partial charge on any atom is -0.315 e. The summed E-state index contributed by atoms with van der Waals surface area (Å²) in [6.07, 6.45) is 3.38. The minimum atomic E-state index is 0.740. The predicted molar refractivity (Wildman–Crippen MR) is 71.0 cm³/mol. The first-order chi connectivity index (χ1) is 7.40. The van der Waals surface area contributed by atoms with Gasteiger partial charge in [0.1, 0.15) is 0 Å². The lowest BCUT2D eigenvalue weighted by Gasteiger charge is -2.09. The van der Waals surface area contributed by atoms with E-state index in [2.05, 4.69) is 35.8 Å². The molecule has 1 aliphatic heterocycles. The van der Waals surface area contributed by atoms with Gasteiger partial charge in [0.25, 0.3) is 0 Å². The van der Waals surface area contributed by atoms with Crippen LogP contribution in [0.5, 0.6) is 0 Å². The molecular formula is C12H17NS2. The van der Waals surface area contributed by atoms with Gasteiger partial charge in [0.15, 0.2) is 0 Å². The Hall–Kier alpha value is -0.120. The highest BCUT2D eigenvalue weighted by Crippen LogP contribution is 2.36. The highest BCUT2D eigenvalue weighted by Gasteiger charge is 2.20. The zero-order chi connectivity index (χ0) is 10.5. The van der Waals surface area contributed by atoms with E-state index in [4.69, 9.17) is 0 Å². The van der Waals surface area contributed by atoms with Crippen molar-refractivity contribution in [3.63, 3.8) is 0 Å². The molecule has 2 rings (SSSR count). The number of hydrogen-bond donors (Lipinski definition) is 1. The molecule has 0 fully saturated rings. The molecule has 15 heavy (non-hydrogen) atoms. The molecule has 1 nitrogen and oxygen atoms in total. The van der Waals surface area contributed by atoms with E-state index in [1.807, 2.05) is 23.5 Å². The van der Waals surface area contributed by atoms with Gasteiger partial charge in [-0.1, -0.05) is 18.2 Å². The summed E-state index contributed by atoms with van der Waals surface area (Å²) < 4.78 is 0. The van der Waals surface area contributed by atoms with Gasteiger partial charge in [-0.15, -0.1) is 11.8 Å². The fourth-order valence-corrected chi connectivity index (χ4v) is 3.44. The first kappa shape index (κ1) is 11.4. The zero-order valence-electron chi connectivity index (χ0n) is 9.03. The Morgan fingerprint density at radius 3 is 3.13 bits per heavy atom. The summed E-state index contributed by atoms with van der Waals surface area (Å²) >= 11 is 3.93. The quantitative estimate of drug-likeness (QED) is 0.793. The lowest BCUT2D eigenvalue weighted by atomic mass is 10.1. The van der Waals surface area contributed by atoms with Gasteiger partial charge < -0.3 is 5.32 Å². The van der Waals surface area contributed by atoms with Crippen LogP contribution in [0.3, 0.4) is 0 Å². The molecule has 0 aliphatic carbocycles. The average Bonchev–Trinajstić information content (AvgIpc) is 2.67. The fourth-order valence-electron chi connectivity index (χ4n) is 1.81. The van der Waals surface area contributed by atoms with E-state index in [9.17, 15) is 0 Å². The Balaban J connectivity index is 1.76. The van der Waals surface area contributed by atoms with E-state index in [0.717, 1.165) is 18.3 Å². The summed E-state index contributed by atoms with van der Waals surface area (Å²) in [4.78, 5) is 1.48. The Labute approximate surface area is 100 Å². The monoisotopic (exact) mass is 239 g/mol. The maximum absolute atomic E-state index is 3.52. The molecule has 1 N–H and O–H groups in total. The summed E-state index contributed by atoms with van der Waals surface area (Å²) in [6.45, 7) is 2.27. The molecule has 1 aromatic rings. The normalized spacial score (nSPS) is 19.1. The standard InChI is InChI=1S/C12H17NS2/c1-14-7-6-13-9-11-8-10-4-2-3-5-12(10)15-11/h2-5,11,13H,6-9H2,1H3. The fraction of sp³-hybridized carbons (Fsp3) is 0.500. The lowest BCUT2D eigenvalue weighted by Crippen LogP contribution is -2.26. The maximum atomic E-state index is 3.52. The summed E-state index contributed by atoms with van der Waals surface area (Å²) in [5, 5.41) is 4.26. The molecular weight excluding hydrogens is 222 g/mol. The first-order valence-electron chi connectivity index (χ1n) is 5.34. The molecule has 1 aromatic carbocycles. The first-order valence-corrected chi connectivity index (χ1v) is 7.61. The second-order valence-corrected chi connectivity index (χ2v) is 6.08. The van der Waals surface area contributed by atoms with E-state index >= 15 is 0 Å². The number of benzene rings is 1. The number of fused-ring (bicyclic) bond motifs is 1. The van der Waals surface area contributed by atoms with Crippen molar-refractivity contribution in [2.75, 3.05) is 25.1 Å². The van der Waals surface area contributed by atoms with Crippen LogP contribution in [-0.2, 0) is 6.42 Å². The van der Waals surface area contributed by atoms with Crippen LogP contribution in [0.2, 0.25) is 0 Å². The molecule has 1 heterocycles. The molecule has 0 bridgehead atoms. The van der Waals surface area contributed by atoms with Crippen LogP contribution in [0.1, 0.15) is 5.56 Å². The highest BCUT2D eigenvalue weighted by atomic mass is 32.2. The van der Waals surface area contributed by atoms with Crippen molar-refractivity contribution >= 4 is 23.5 Å². The van der Waals surface area contributed by atoms with Gasteiger partial charge in [0.05, 0.1) is 0 Å². The number of thioether (sulfide) groups is 2. The van der Waals surface area contributed by atoms with Crippen molar-refractivity contribution < 1.29 is 0 Å². The van der Waals surface area contributed by atoms with Gasteiger partial charge in [0.2, 0.25) is 0 Å². The van der Waals surface area contributed by atoms with Crippen LogP contribution in [-0.4, -0.2) is 30.3 Å². The van der Waals surface area contributed by atoms with E-state index in [-0.39, 0.29) is 0 Å². The molecule has 1 aliphatic rings. The number of nitrogens with one attached hydrogen (secondary N) is 1. The molecule has 0 amide bonds. The Morgan fingerprint density at radius 2 is 2.33 bits per heavy atom. The molecule has 82 valence electrons. The van der Waals surface area contributed by atoms with Crippen LogP contribution in [0.25, 0.3) is 0 Å². The van der Waals surface area contributed by atoms with E-state index in [1.54, 1.807) is 0 Å². The third-order valence-electron chi connectivity index (χ3n) is 2.57. The van der Waals surface area contributed by atoms with Gasteiger partial charge in [0, 0.05) is 29.0 Å². The van der Waals surface area contributed by atoms with Gasteiger partial charge in [-0.25, -0.2) is 0 Å². The van der Waals surface area contributed by atoms with Crippen LogP contribution >= 0.6 is 23.5 Å². The number of rotatable bonds is 5. The number of hydrogen-bond acceptors (Lipinski definition) is 3. The Morgan fingerprint density at radius 1 is 1.47 bits per heavy atom. The van der Waals surface area contributed by atoms with E-state index in [0.29, 0.717) is 0 Å². The van der Waals surface area contributed by atoms with Crippen molar-refractivity contribution in [3.05, 3.63) is 29.8 Å². The van der Waals surface area contributed by atoms with Gasteiger partial charge in [-0.2, -0.15) is 11.8 Å². The van der Waals surface area contributed by atoms with E-state index < -0.39 is 0 Å². The van der Waals surface area contributed by atoms with Crippen molar-refractivity contribution in [2.24, 2.45) is 0 Å². The molecule has 3 heteroatoms. The lowest BCUT2D eigenvalue weighted by molar-refractivity contribution is 0.694. The largest absolute Gasteiger partial charge is 0.315 e. The molecule has 1 unspecified atom stereocenters. The van der Waals surface area contributed by atoms with Crippen LogP contribution < -0.4 is 5.32 Å². The van der Waals surface area contributed by atoms with Gasteiger partial charge in [-0.3, -0.25) is 0 Å². The average molecular weight is 239 g/mol. The Bertz CT molecular complexity index is 289. The third kappa shape index (κ3) is 3.16. The minimum absolute atomic E-state index is 0.740. The smallest absolute Gasteiger partial charge is 0.0260 e. The highest BCUT2D eigenvalue weighted by molar-refractivity contribution is 8.00. The topological polar surface area (TPSA) is 12.0 Å². The van der Waals surface area contributed by atoms with Crippen LogP contribution in [0, 0.1) is 0 Å². The van der Waals surface area contributed by atoms with Gasteiger partial charge in [-0.05, 0) is 24.3 Å². The predicted octanol–water partition coefficient (Wildman–Crippen LogP) is 2.66. The molecule has 0 saturated heterocycles. The molecule has 0 spiro atoms. The van der Waals surface area contributed by atoms with Crippen LogP contribution in [0.4, 0.5) is 0 Å². The van der Waals surface area contributed by atoms with Crippen LogP contribution in [0.15, 0.2) is 29.2 Å². The Kier molecular flexibility index (Phi) is 4.42. The molecule has 0 aromatic heterocycles. The van der Waals surface area contributed by atoms with E-state index in [1.165, 1.54) is 22.6 Å². The van der Waals surface area contributed by atoms with Crippen molar-refractivity contribution in [2.45, 2.75) is 16.6 Å². The summed E-state index contributed by atoms with van der Waals surface area (Å²) in [5.41, 5.74) is 1.53. The van der Waals surface area contributed by atoms with Crippen molar-refractivity contribution in [3.8, 4) is 0 Å². The van der Waals surface area contributed by atoms with Crippen molar-refractivity contribution in [1.29, 1.82) is 0 Å². The zero-order valence-corrected chi connectivity index (χ0v) is 10.7. The molecule has 0 saturated carbocycles. The summed E-state index contributed by atoms with van der Waals surface area (Å²) in [6, 6.07) is 8.77. The molecule has 1 atom stereocenters. The molecule has 0 radical (unpaired) electrons. The second kappa shape index (κ2) is 5.83.